The Hall–Kier alpha value is -1.60. The third-order valence-electron chi connectivity index (χ3n) is 6.14. The number of unbranched alkanes of at least 4 members (excludes halogenated alkanes) is 12. The minimum Gasteiger partial charge on any atom is -0.380 e. The molecule has 2 aromatic carbocycles. The SMILES string of the molecule is CCCCCCCCCCCCCCCC(O)(c1ccccc1)c1ccccc1. The van der Waals surface area contributed by atoms with Crippen molar-refractivity contribution >= 4 is 0 Å². The lowest BCUT2D eigenvalue weighted by Crippen LogP contribution is -2.27. The Bertz CT molecular complexity index is 580. The largest absolute Gasteiger partial charge is 0.380 e. The van der Waals surface area contributed by atoms with E-state index < -0.39 is 5.60 Å². The van der Waals surface area contributed by atoms with Gasteiger partial charge in [0.1, 0.15) is 5.60 Å². The highest BCUT2D eigenvalue weighted by molar-refractivity contribution is 5.35. The number of hydrogen-bond donors (Lipinski definition) is 1. The van der Waals surface area contributed by atoms with Gasteiger partial charge in [-0.05, 0) is 24.0 Å². The molecule has 2 rings (SSSR count). The van der Waals surface area contributed by atoms with Crippen LogP contribution in [0, 0.1) is 0 Å². The van der Waals surface area contributed by atoms with Crippen molar-refractivity contribution in [1.29, 1.82) is 0 Å². The van der Waals surface area contributed by atoms with Crippen molar-refractivity contribution in [2.45, 2.75) is 102 Å². The fourth-order valence-electron chi connectivity index (χ4n) is 4.28. The third kappa shape index (κ3) is 8.74. The van der Waals surface area contributed by atoms with Crippen LogP contribution < -0.4 is 0 Å². The second-order valence-corrected chi connectivity index (χ2v) is 8.58. The summed E-state index contributed by atoms with van der Waals surface area (Å²) in [6.45, 7) is 2.28. The summed E-state index contributed by atoms with van der Waals surface area (Å²) in [5.41, 5.74) is 1.13. The number of hydrogen-bond acceptors (Lipinski definition) is 1. The van der Waals surface area contributed by atoms with Crippen LogP contribution in [0.25, 0.3) is 0 Å². The lowest BCUT2D eigenvalue weighted by molar-refractivity contribution is 0.0678. The molecule has 160 valence electrons. The summed E-state index contributed by atoms with van der Waals surface area (Å²) in [5, 5.41) is 11.5. The molecule has 0 aromatic heterocycles. The maximum absolute atomic E-state index is 11.5. The van der Waals surface area contributed by atoms with Crippen molar-refractivity contribution in [2.24, 2.45) is 0 Å². The Morgan fingerprint density at radius 1 is 0.517 bits per heavy atom. The van der Waals surface area contributed by atoms with E-state index in [0.29, 0.717) is 0 Å². The molecular weight excluding hydrogens is 352 g/mol. The van der Waals surface area contributed by atoms with Gasteiger partial charge in [0.05, 0.1) is 0 Å². The van der Waals surface area contributed by atoms with Gasteiger partial charge in [0.2, 0.25) is 0 Å². The van der Waals surface area contributed by atoms with Crippen LogP contribution in [0.5, 0.6) is 0 Å². The van der Waals surface area contributed by atoms with Crippen LogP contribution in [0.1, 0.15) is 108 Å². The Kier molecular flexibility index (Phi) is 11.8. The quantitative estimate of drug-likeness (QED) is 0.283. The second kappa shape index (κ2) is 14.4. The molecule has 0 radical (unpaired) electrons. The first-order chi connectivity index (χ1) is 14.3. The van der Waals surface area contributed by atoms with Crippen LogP contribution in [0.2, 0.25) is 0 Å². The van der Waals surface area contributed by atoms with Crippen molar-refractivity contribution in [2.75, 3.05) is 0 Å². The van der Waals surface area contributed by atoms with Gasteiger partial charge >= 0.3 is 0 Å². The molecule has 0 atom stereocenters. The first kappa shape index (κ1) is 23.7. The Morgan fingerprint density at radius 3 is 1.24 bits per heavy atom. The monoisotopic (exact) mass is 394 g/mol. The topological polar surface area (TPSA) is 20.2 Å². The normalized spacial score (nSPS) is 11.7. The molecule has 0 saturated heterocycles. The van der Waals surface area contributed by atoms with Crippen molar-refractivity contribution in [1.82, 2.24) is 0 Å². The van der Waals surface area contributed by atoms with Gasteiger partial charge in [-0.25, -0.2) is 0 Å². The van der Waals surface area contributed by atoms with E-state index in [-0.39, 0.29) is 0 Å². The minimum absolute atomic E-state index is 0.790. The van der Waals surface area contributed by atoms with Gasteiger partial charge in [0.25, 0.3) is 0 Å². The summed E-state index contributed by atoms with van der Waals surface area (Å²) in [6, 6.07) is 20.3. The molecule has 1 N–H and O–H groups in total. The van der Waals surface area contributed by atoms with Crippen LogP contribution in [0.15, 0.2) is 60.7 Å². The molecule has 29 heavy (non-hydrogen) atoms. The molecule has 0 amide bonds. The van der Waals surface area contributed by atoms with Gasteiger partial charge in [-0.2, -0.15) is 0 Å². The standard InChI is InChI=1S/C28H42O/c1-2-3-4-5-6-7-8-9-10-11-12-13-20-25-28(29,26-21-16-14-17-22-26)27-23-18-15-19-24-27/h14-19,21-24,29H,2-13,20,25H2,1H3. The van der Waals surface area contributed by atoms with Crippen LogP contribution in [-0.4, -0.2) is 5.11 Å². The molecule has 0 bridgehead atoms. The van der Waals surface area contributed by atoms with Crippen molar-refractivity contribution < 1.29 is 5.11 Å². The Morgan fingerprint density at radius 2 is 0.862 bits per heavy atom. The molecule has 1 nitrogen and oxygen atoms in total. The average Bonchev–Trinajstić information content (AvgIpc) is 2.78. The van der Waals surface area contributed by atoms with E-state index in [1.807, 2.05) is 36.4 Å². The van der Waals surface area contributed by atoms with E-state index in [4.69, 9.17) is 0 Å². The van der Waals surface area contributed by atoms with Crippen LogP contribution in [0.4, 0.5) is 0 Å². The summed E-state index contributed by atoms with van der Waals surface area (Å²) in [4.78, 5) is 0. The Labute approximate surface area is 179 Å². The highest BCUT2D eigenvalue weighted by Crippen LogP contribution is 2.34. The summed E-state index contributed by atoms with van der Waals surface area (Å²) in [7, 11) is 0. The van der Waals surface area contributed by atoms with Crippen molar-refractivity contribution in [3.05, 3.63) is 71.8 Å². The molecule has 1 heteroatoms. The number of benzene rings is 2. The molecule has 0 unspecified atom stereocenters. The van der Waals surface area contributed by atoms with Gasteiger partial charge < -0.3 is 5.11 Å². The Balaban J connectivity index is 1.63. The highest BCUT2D eigenvalue weighted by atomic mass is 16.3. The molecule has 0 spiro atoms. The van der Waals surface area contributed by atoms with Crippen molar-refractivity contribution in [3.8, 4) is 0 Å². The minimum atomic E-state index is -0.875. The van der Waals surface area contributed by atoms with E-state index in [1.54, 1.807) is 0 Å². The van der Waals surface area contributed by atoms with Gasteiger partial charge in [-0.1, -0.05) is 145 Å². The van der Waals surface area contributed by atoms with E-state index in [0.717, 1.165) is 24.0 Å². The first-order valence-corrected chi connectivity index (χ1v) is 12.1. The van der Waals surface area contributed by atoms with E-state index in [1.165, 1.54) is 77.0 Å². The first-order valence-electron chi connectivity index (χ1n) is 12.1. The maximum atomic E-state index is 11.5. The van der Waals surface area contributed by atoms with Crippen LogP contribution >= 0.6 is 0 Å². The summed E-state index contributed by atoms with van der Waals surface area (Å²) in [6.07, 6.45) is 18.3. The fourth-order valence-corrected chi connectivity index (χ4v) is 4.28. The van der Waals surface area contributed by atoms with Crippen molar-refractivity contribution in [3.63, 3.8) is 0 Å². The van der Waals surface area contributed by atoms with Crippen LogP contribution in [0.3, 0.4) is 0 Å². The summed E-state index contributed by atoms with van der Waals surface area (Å²) < 4.78 is 0. The zero-order valence-electron chi connectivity index (χ0n) is 18.6. The zero-order valence-corrected chi connectivity index (χ0v) is 18.6. The average molecular weight is 395 g/mol. The van der Waals surface area contributed by atoms with E-state index >= 15 is 0 Å². The predicted octanol–water partition coefficient (Wildman–Crippen LogP) is 8.40. The zero-order chi connectivity index (χ0) is 20.6. The van der Waals surface area contributed by atoms with Gasteiger partial charge in [-0.15, -0.1) is 0 Å². The molecule has 0 aliphatic heterocycles. The molecule has 0 saturated carbocycles. The fraction of sp³-hybridized carbons (Fsp3) is 0.571. The van der Waals surface area contributed by atoms with Gasteiger partial charge in [0.15, 0.2) is 0 Å². The van der Waals surface area contributed by atoms with E-state index in [9.17, 15) is 5.11 Å². The molecule has 2 aromatic rings. The second-order valence-electron chi connectivity index (χ2n) is 8.58. The molecule has 0 heterocycles. The van der Waals surface area contributed by atoms with E-state index in [2.05, 4.69) is 31.2 Å². The molecule has 0 aliphatic carbocycles. The lowest BCUT2D eigenvalue weighted by Gasteiger charge is -2.29. The molecule has 0 fully saturated rings. The number of aliphatic hydroxyl groups is 1. The highest BCUT2D eigenvalue weighted by Gasteiger charge is 2.30. The molecule has 0 aliphatic rings. The lowest BCUT2D eigenvalue weighted by atomic mass is 9.82. The predicted molar refractivity (Wildman–Crippen MR) is 126 cm³/mol. The maximum Gasteiger partial charge on any atom is 0.115 e. The summed E-state index contributed by atoms with van der Waals surface area (Å²) >= 11 is 0. The van der Waals surface area contributed by atoms with Crippen LogP contribution in [-0.2, 0) is 5.60 Å². The smallest absolute Gasteiger partial charge is 0.115 e. The third-order valence-corrected chi connectivity index (χ3v) is 6.14. The summed E-state index contributed by atoms with van der Waals surface area (Å²) in [5.74, 6) is 0. The number of rotatable bonds is 16. The molecular formula is C28H42O. The van der Waals surface area contributed by atoms with Gasteiger partial charge in [0, 0.05) is 0 Å². The van der Waals surface area contributed by atoms with Gasteiger partial charge in [-0.3, -0.25) is 0 Å².